The Morgan fingerprint density at radius 2 is 1.45 bits per heavy atom. The zero-order chi connectivity index (χ0) is 15.6. The number of hydrogen-bond acceptors (Lipinski definition) is 3. The molecule has 1 aliphatic rings. The summed E-state index contributed by atoms with van der Waals surface area (Å²) >= 11 is 0. The van der Waals surface area contributed by atoms with E-state index in [-0.39, 0.29) is 17.8 Å². The molecule has 22 heavy (non-hydrogen) atoms. The zero-order valence-corrected chi connectivity index (χ0v) is 13.5. The van der Waals surface area contributed by atoms with Crippen molar-refractivity contribution in [1.82, 2.24) is 4.90 Å². The van der Waals surface area contributed by atoms with E-state index in [2.05, 4.69) is 29.2 Å². The summed E-state index contributed by atoms with van der Waals surface area (Å²) < 4.78 is 23.6. The van der Waals surface area contributed by atoms with Crippen LogP contribution in [-0.4, -0.2) is 37.9 Å². The third kappa shape index (κ3) is 3.23. The molecule has 116 valence electrons. The van der Waals surface area contributed by atoms with Crippen LogP contribution in [0.4, 0.5) is 0 Å². The maximum atomic E-state index is 11.8. The fraction of sp³-hybridized carbons (Fsp3) is 0.333. The first-order chi connectivity index (χ1) is 10.6. The predicted octanol–water partition coefficient (Wildman–Crippen LogP) is 2.89. The molecule has 1 saturated heterocycles. The van der Waals surface area contributed by atoms with Crippen molar-refractivity contribution in [1.29, 1.82) is 0 Å². The molecule has 1 aliphatic heterocycles. The molecule has 1 fully saturated rings. The van der Waals surface area contributed by atoms with E-state index in [1.165, 1.54) is 11.1 Å². The third-order valence-corrected chi connectivity index (χ3v) is 6.17. The van der Waals surface area contributed by atoms with Gasteiger partial charge in [0, 0.05) is 6.04 Å². The van der Waals surface area contributed by atoms with Gasteiger partial charge in [0.05, 0.1) is 17.5 Å². The second kappa shape index (κ2) is 6.23. The Hall–Kier alpha value is -1.65. The van der Waals surface area contributed by atoms with Crippen molar-refractivity contribution in [3.05, 3.63) is 71.8 Å². The SMILES string of the molecule is CN(C(c1ccccc1)c1ccccc1)[C@H]1CCS(=O)(=O)C1. The first-order valence-corrected chi connectivity index (χ1v) is 9.41. The topological polar surface area (TPSA) is 37.4 Å². The van der Waals surface area contributed by atoms with Crippen molar-refractivity contribution in [2.75, 3.05) is 18.6 Å². The second-order valence-electron chi connectivity index (χ2n) is 5.95. The van der Waals surface area contributed by atoms with Crippen molar-refractivity contribution in [3.63, 3.8) is 0 Å². The van der Waals surface area contributed by atoms with Gasteiger partial charge in [-0.25, -0.2) is 8.42 Å². The first-order valence-electron chi connectivity index (χ1n) is 7.59. The Morgan fingerprint density at radius 3 is 1.86 bits per heavy atom. The minimum absolute atomic E-state index is 0.0791. The number of rotatable bonds is 4. The van der Waals surface area contributed by atoms with E-state index in [0.29, 0.717) is 5.75 Å². The average Bonchev–Trinajstić information content (AvgIpc) is 2.90. The highest BCUT2D eigenvalue weighted by atomic mass is 32.2. The van der Waals surface area contributed by atoms with Gasteiger partial charge in [0.2, 0.25) is 0 Å². The largest absolute Gasteiger partial charge is 0.291 e. The van der Waals surface area contributed by atoms with Crippen LogP contribution in [0.15, 0.2) is 60.7 Å². The van der Waals surface area contributed by atoms with E-state index >= 15 is 0 Å². The van der Waals surface area contributed by atoms with Crippen molar-refractivity contribution < 1.29 is 8.42 Å². The first kappa shape index (κ1) is 15.3. The molecule has 3 nitrogen and oxygen atoms in total. The van der Waals surface area contributed by atoms with Gasteiger partial charge in [0.1, 0.15) is 0 Å². The number of sulfone groups is 1. The van der Waals surface area contributed by atoms with Crippen LogP contribution < -0.4 is 0 Å². The fourth-order valence-electron chi connectivity index (χ4n) is 3.24. The molecular weight excluding hydrogens is 294 g/mol. The van der Waals surface area contributed by atoms with Crippen LogP contribution in [0.3, 0.4) is 0 Å². The van der Waals surface area contributed by atoms with Gasteiger partial charge in [0.25, 0.3) is 0 Å². The van der Waals surface area contributed by atoms with Gasteiger partial charge < -0.3 is 0 Å². The maximum absolute atomic E-state index is 11.8. The Labute approximate surface area is 132 Å². The van der Waals surface area contributed by atoms with Gasteiger partial charge in [-0.05, 0) is 24.6 Å². The lowest BCUT2D eigenvalue weighted by molar-refractivity contribution is 0.215. The van der Waals surface area contributed by atoms with Crippen LogP contribution >= 0.6 is 0 Å². The molecule has 0 N–H and O–H groups in total. The van der Waals surface area contributed by atoms with Gasteiger partial charge in [-0.1, -0.05) is 60.7 Å². The summed E-state index contributed by atoms with van der Waals surface area (Å²) in [6.07, 6.45) is 0.717. The van der Waals surface area contributed by atoms with Crippen molar-refractivity contribution in [3.8, 4) is 0 Å². The van der Waals surface area contributed by atoms with E-state index in [4.69, 9.17) is 0 Å². The molecule has 0 amide bonds. The molecule has 0 aromatic heterocycles. The molecular formula is C18H21NO2S. The van der Waals surface area contributed by atoms with Gasteiger partial charge >= 0.3 is 0 Å². The van der Waals surface area contributed by atoms with Gasteiger partial charge in [-0.2, -0.15) is 0 Å². The summed E-state index contributed by atoms with van der Waals surface area (Å²) in [6, 6.07) is 20.7. The average molecular weight is 315 g/mol. The molecule has 0 bridgehead atoms. The molecule has 1 heterocycles. The minimum atomic E-state index is -2.88. The van der Waals surface area contributed by atoms with Crippen molar-refractivity contribution >= 4 is 9.84 Å². The lowest BCUT2D eigenvalue weighted by Crippen LogP contribution is -2.36. The molecule has 1 atom stereocenters. The van der Waals surface area contributed by atoms with E-state index in [1.807, 2.05) is 43.4 Å². The zero-order valence-electron chi connectivity index (χ0n) is 12.7. The lowest BCUT2D eigenvalue weighted by atomic mass is 9.96. The van der Waals surface area contributed by atoms with Crippen LogP contribution in [0.1, 0.15) is 23.6 Å². The highest BCUT2D eigenvalue weighted by Gasteiger charge is 2.34. The van der Waals surface area contributed by atoms with E-state index in [1.54, 1.807) is 0 Å². The molecule has 0 saturated carbocycles. The second-order valence-corrected chi connectivity index (χ2v) is 8.17. The number of hydrogen-bond donors (Lipinski definition) is 0. The molecule has 4 heteroatoms. The van der Waals surface area contributed by atoms with Gasteiger partial charge in [-0.15, -0.1) is 0 Å². The summed E-state index contributed by atoms with van der Waals surface area (Å²) in [5.41, 5.74) is 2.39. The fourth-order valence-corrected chi connectivity index (χ4v) is 5.03. The predicted molar refractivity (Wildman–Crippen MR) is 89.5 cm³/mol. The minimum Gasteiger partial charge on any atom is -0.291 e. The Morgan fingerprint density at radius 1 is 0.955 bits per heavy atom. The van der Waals surface area contributed by atoms with Gasteiger partial charge in [0.15, 0.2) is 9.84 Å². The Balaban J connectivity index is 1.96. The van der Waals surface area contributed by atoms with Crippen LogP contribution in [0.25, 0.3) is 0 Å². The van der Waals surface area contributed by atoms with E-state index < -0.39 is 9.84 Å². The monoisotopic (exact) mass is 315 g/mol. The third-order valence-electron chi connectivity index (χ3n) is 4.42. The molecule has 3 rings (SSSR count). The van der Waals surface area contributed by atoms with E-state index in [9.17, 15) is 8.42 Å². The summed E-state index contributed by atoms with van der Waals surface area (Å²) in [7, 11) is -0.842. The van der Waals surface area contributed by atoms with Crippen LogP contribution in [0.2, 0.25) is 0 Å². The number of nitrogens with zero attached hydrogens (tertiary/aromatic N) is 1. The summed E-state index contributed by atoms with van der Waals surface area (Å²) in [5.74, 6) is 0.567. The summed E-state index contributed by atoms with van der Waals surface area (Å²) in [6.45, 7) is 0. The maximum Gasteiger partial charge on any atom is 0.151 e. The Kier molecular flexibility index (Phi) is 4.32. The Bertz CT molecular complexity index is 674. The number of benzene rings is 2. The van der Waals surface area contributed by atoms with Crippen molar-refractivity contribution in [2.45, 2.75) is 18.5 Å². The molecule has 0 radical (unpaired) electrons. The van der Waals surface area contributed by atoms with E-state index in [0.717, 1.165) is 6.42 Å². The lowest BCUT2D eigenvalue weighted by Gasteiger charge is -2.33. The molecule has 2 aromatic rings. The molecule has 0 unspecified atom stereocenters. The van der Waals surface area contributed by atoms with Crippen LogP contribution in [-0.2, 0) is 9.84 Å². The van der Waals surface area contributed by atoms with Crippen LogP contribution in [0, 0.1) is 0 Å². The quantitative estimate of drug-likeness (QED) is 0.870. The highest BCUT2D eigenvalue weighted by Crippen LogP contribution is 2.31. The van der Waals surface area contributed by atoms with Crippen molar-refractivity contribution in [2.24, 2.45) is 0 Å². The highest BCUT2D eigenvalue weighted by molar-refractivity contribution is 7.91. The van der Waals surface area contributed by atoms with Gasteiger partial charge in [-0.3, -0.25) is 4.90 Å². The molecule has 0 spiro atoms. The normalized spacial score (nSPS) is 20.6. The molecule has 0 aliphatic carbocycles. The summed E-state index contributed by atoms with van der Waals surface area (Å²) in [4.78, 5) is 2.22. The molecule has 2 aromatic carbocycles. The summed E-state index contributed by atoms with van der Waals surface area (Å²) in [5, 5.41) is 0. The van der Waals surface area contributed by atoms with Crippen LogP contribution in [0.5, 0.6) is 0 Å². The smallest absolute Gasteiger partial charge is 0.151 e. The standard InChI is InChI=1S/C18H21NO2S/c1-19(17-12-13-22(20,21)14-17)18(15-8-4-2-5-9-15)16-10-6-3-7-11-16/h2-11,17-18H,12-14H2,1H3/t17-/m0/s1.